The van der Waals surface area contributed by atoms with Crippen LogP contribution in [-0.4, -0.2) is 0 Å². The third-order valence-corrected chi connectivity index (χ3v) is 4.91. The summed E-state index contributed by atoms with van der Waals surface area (Å²) in [5.74, 6) is 2.00. The van der Waals surface area contributed by atoms with Crippen molar-refractivity contribution in [2.24, 2.45) is 0 Å². The highest BCUT2D eigenvalue weighted by molar-refractivity contribution is 5.64. The molecule has 12 heavy (non-hydrogen) atoms. The zero-order valence-corrected chi connectivity index (χ0v) is 6.93. The highest BCUT2D eigenvalue weighted by atomic mass is 14.6. The second-order valence-corrected chi connectivity index (χ2v) is 5.22. The lowest BCUT2D eigenvalue weighted by Crippen LogP contribution is -2.38. The van der Waals surface area contributed by atoms with Gasteiger partial charge in [-0.2, -0.15) is 0 Å². The van der Waals surface area contributed by atoms with E-state index in [1.54, 1.807) is 22.3 Å². The van der Waals surface area contributed by atoms with Crippen molar-refractivity contribution < 1.29 is 0 Å². The van der Waals surface area contributed by atoms with Crippen molar-refractivity contribution in [2.75, 3.05) is 0 Å². The van der Waals surface area contributed by atoms with Crippen LogP contribution in [0.15, 0.2) is 12.1 Å². The van der Waals surface area contributed by atoms with Gasteiger partial charge in [-0.25, -0.2) is 0 Å². The molecule has 3 unspecified atom stereocenters. The molecule has 58 valence electrons. The van der Waals surface area contributed by atoms with Gasteiger partial charge >= 0.3 is 0 Å². The highest BCUT2D eigenvalue weighted by Gasteiger charge is 2.61. The number of fused-ring (bicyclic) bond motifs is 1. The second-order valence-electron chi connectivity index (χ2n) is 5.22. The van der Waals surface area contributed by atoms with Crippen LogP contribution in [0.3, 0.4) is 0 Å². The number of rotatable bonds is 0. The van der Waals surface area contributed by atoms with Crippen molar-refractivity contribution in [1.82, 2.24) is 0 Å². The Morgan fingerprint density at radius 3 is 2.67 bits per heavy atom. The molecule has 0 aliphatic heterocycles. The molecule has 5 rings (SSSR count). The summed E-state index contributed by atoms with van der Waals surface area (Å²) in [5.41, 5.74) is 7.61. The zero-order valence-electron chi connectivity index (χ0n) is 6.93. The zero-order chi connectivity index (χ0) is 7.50. The first-order valence-corrected chi connectivity index (χ1v) is 5.05. The van der Waals surface area contributed by atoms with Crippen LogP contribution in [0.5, 0.6) is 0 Å². The Morgan fingerprint density at radius 1 is 1.08 bits per heavy atom. The molecule has 0 saturated heterocycles. The van der Waals surface area contributed by atoms with Crippen molar-refractivity contribution in [3.8, 4) is 0 Å². The third-order valence-electron chi connectivity index (χ3n) is 4.91. The summed E-state index contributed by atoms with van der Waals surface area (Å²) in [7, 11) is 0. The van der Waals surface area contributed by atoms with Gasteiger partial charge in [0.1, 0.15) is 0 Å². The van der Waals surface area contributed by atoms with Gasteiger partial charge in [0.2, 0.25) is 0 Å². The summed E-state index contributed by atoms with van der Waals surface area (Å²) in [5, 5.41) is 0. The van der Waals surface area contributed by atoms with E-state index in [1.165, 1.54) is 19.3 Å². The lowest BCUT2D eigenvalue weighted by molar-refractivity contribution is 0.370. The van der Waals surface area contributed by atoms with Crippen molar-refractivity contribution in [1.29, 1.82) is 0 Å². The molecule has 0 amide bonds. The predicted octanol–water partition coefficient (Wildman–Crippen LogP) is 2.47. The molecule has 3 atom stereocenters. The molecule has 1 fully saturated rings. The quantitative estimate of drug-likeness (QED) is 0.538. The first kappa shape index (κ1) is 5.06. The van der Waals surface area contributed by atoms with Gasteiger partial charge in [0.15, 0.2) is 0 Å². The van der Waals surface area contributed by atoms with Crippen LogP contribution in [-0.2, 0) is 11.8 Å². The number of hydrogen-bond acceptors (Lipinski definition) is 0. The maximum absolute atomic E-state index is 2.53. The average Bonchev–Trinajstić information content (AvgIpc) is 2.05. The number of hydrogen-bond donors (Lipinski definition) is 0. The Balaban J connectivity index is 2.14. The van der Waals surface area contributed by atoms with Crippen LogP contribution in [0.2, 0.25) is 0 Å². The van der Waals surface area contributed by atoms with Gasteiger partial charge in [-0.05, 0) is 53.4 Å². The van der Waals surface area contributed by atoms with Gasteiger partial charge in [-0.1, -0.05) is 12.1 Å². The van der Waals surface area contributed by atoms with E-state index in [-0.39, 0.29) is 0 Å². The molecular weight excluding hydrogens is 144 g/mol. The van der Waals surface area contributed by atoms with E-state index in [2.05, 4.69) is 12.1 Å². The molecular formula is C12H10. The maximum atomic E-state index is 2.53. The fraction of sp³-hybridized carbons (Fsp3) is 0.500. The van der Waals surface area contributed by atoms with Gasteiger partial charge in [0.25, 0.3) is 0 Å². The SMILES string of the molecule is c1c2c3cc4c1C1CC3(C2)CC41. The summed E-state index contributed by atoms with van der Waals surface area (Å²) < 4.78 is 0. The molecule has 0 aromatic heterocycles. The molecule has 4 aliphatic carbocycles. The second kappa shape index (κ2) is 1.09. The van der Waals surface area contributed by atoms with Gasteiger partial charge in [0.05, 0.1) is 0 Å². The van der Waals surface area contributed by atoms with Crippen LogP contribution >= 0.6 is 0 Å². The largest absolute Gasteiger partial charge is 0.0549 e. The molecule has 0 heteroatoms. The summed E-state index contributed by atoms with van der Waals surface area (Å²) in [4.78, 5) is 0. The Hall–Kier alpha value is -0.780. The van der Waals surface area contributed by atoms with E-state index < -0.39 is 0 Å². The van der Waals surface area contributed by atoms with Crippen LogP contribution in [0, 0.1) is 0 Å². The van der Waals surface area contributed by atoms with E-state index in [9.17, 15) is 0 Å². The van der Waals surface area contributed by atoms with Crippen LogP contribution < -0.4 is 0 Å². The lowest BCUT2D eigenvalue weighted by Gasteiger charge is -2.46. The smallest absolute Gasteiger partial charge is 0.000834 e. The van der Waals surface area contributed by atoms with Gasteiger partial charge in [0, 0.05) is 5.41 Å². The molecule has 0 heterocycles. The third kappa shape index (κ3) is 0.268. The van der Waals surface area contributed by atoms with Crippen LogP contribution in [0.25, 0.3) is 0 Å². The molecule has 0 N–H and O–H groups in total. The minimum absolute atomic E-state index is 0.711. The standard InChI is InChI=1S/C12H10/c1-6-3-12-4-9-7(1)8(2-11(6)12)10(9)5-12/h1-2,9-10H,3-5H2. The maximum Gasteiger partial charge on any atom is 0.000834 e. The monoisotopic (exact) mass is 154 g/mol. The Bertz CT molecular complexity index is 439. The van der Waals surface area contributed by atoms with Crippen molar-refractivity contribution in [3.05, 3.63) is 34.4 Å². The minimum atomic E-state index is 0.711. The predicted molar refractivity (Wildman–Crippen MR) is 46.5 cm³/mol. The van der Waals surface area contributed by atoms with Crippen molar-refractivity contribution in [3.63, 3.8) is 0 Å². The topological polar surface area (TPSA) is 0 Å². The van der Waals surface area contributed by atoms with Gasteiger partial charge in [-0.3, -0.25) is 0 Å². The average molecular weight is 154 g/mol. The summed E-state index contributed by atoms with van der Waals surface area (Å²) in [6, 6.07) is 5.04. The molecule has 1 aromatic rings. The van der Waals surface area contributed by atoms with E-state index in [1.807, 2.05) is 0 Å². The highest BCUT2D eigenvalue weighted by Crippen LogP contribution is 2.72. The Kier molecular flexibility index (Phi) is 0.460. The summed E-state index contributed by atoms with van der Waals surface area (Å²) in [6.07, 6.45) is 4.44. The van der Waals surface area contributed by atoms with E-state index >= 15 is 0 Å². The molecule has 1 spiro atoms. The van der Waals surface area contributed by atoms with Crippen LogP contribution in [0.4, 0.5) is 0 Å². The van der Waals surface area contributed by atoms with E-state index in [0.29, 0.717) is 5.41 Å². The first-order valence-electron chi connectivity index (χ1n) is 5.05. The lowest BCUT2D eigenvalue weighted by atomic mass is 9.58. The summed E-state index contributed by atoms with van der Waals surface area (Å²) >= 11 is 0. The number of benzene rings is 1. The fourth-order valence-corrected chi connectivity index (χ4v) is 4.45. The van der Waals surface area contributed by atoms with Crippen molar-refractivity contribution in [2.45, 2.75) is 36.5 Å². The van der Waals surface area contributed by atoms with Crippen molar-refractivity contribution >= 4 is 0 Å². The molecule has 0 nitrogen and oxygen atoms in total. The molecule has 1 saturated carbocycles. The Labute approximate surface area is 71.6 Å². The fourth-order valence-electron chi connectivity index (χ4n) is 4.45. The minimum Gasteiger partial charge on any atom is -0.0549 e. The summed E-state index contributed by atoms with van der Waals surface area (Å²) in [6.45, 7) is 0. The molecule has 0 radical (unpaired) electrons. The molecule has 1 aromatic carbocycles. The van der Waals surface area contributed by atoms with E-state index in [0.717, 1.165) is 11.8 Å². The van der Waals surface area contributed by atoms with Gasteiger partial charge < -0.3 is 0 Å². The normalized spacial score (nSPS) is 47.3. The van der Waals surface area contributed by atoms with Gasteiger partial charge in [-0.15, -0.1) is 0 Å². The molecule has 4 bridgehead atoms. The van der Waals surface area contributed by atoms with Crippen LogP contribution in [0.1, 0.15) is 46.9 Å². The first-order chi connectivity index (χ1) is 5.87. The Morgan fingerprint density at radius 2 is 1.83 bits per heavy atom. The van der Waals surface area contributed by atoms with E-state index in [4.69, 9.17) is 0 Å². The molecule has 4 aliphatic rings.